The molecule has 0 aliphatic carbocycles. The van der Waals surface area contributed by atoms with Gasteiger partial charge in [0.05, 0.1) is 17.5 Å². The van der Waals surface area contributed by atoms with Crippen LogP contribution in [-0.2, 0) is 6.54 Å². The molecule has 5 nitrogen and oxygen atoms in total. The first-order chi connectivity index (χ1) is 11.1. The van der Waals surface area contributed by atoms with Gasteiger partial charge < -0.3 is 20.2 Å². The van der Waals surface area contributed by atoms with Crippen LogP contribution in [0.4, 0.5) is 5.69 Å². The number of benzene rings is 3. The summed E-state index contributed by atoms with van der Waals surface area (Å²) in [6, 6.07) is 13.6. The molecule has 0 saturated carbocycles. The summed E-state index contributed by atoms with van der Waals surface area (Å²) < 4.78 is 0. The van der Waals surface area contributed by atoms with Crippen LogP contribution in [0.1, 0.15) is 15.9 Å². The van der Waals surface area contributed by atoms with Crippen LogP contribution in [0.25, 0.3) is 10.8 Å². The number of nitrogens with zero attached hydrogens (tertiary/aromatic N) is 1. The van der Waals surface area contributed by atoms with Gasteiger partial charge in [-0.15, -0.1) is 0 Å². The number of rotatable bonds is 1. The molecule has 0 unspecified atom stereocenters. The molecule has 0 spiro atoms. The Morgan fingerprint density at radius 1 is 0.870 bits per heavy atom. The molecule has 5 heteroatoms. The highest BCUT2D eigenvalue weighted by Gasteiger charge is 2.35. The second kappa shape index (κ2) is 4.64. The van der Waals surface area contributed by atoms with E-state index in [2.05, 4.69) is 0 Å². The van der Waals surface area contributed by atoms with Gasteiger partial charge in [-0.2, -0.15) is 0 Å². The van der Waals surface area contributed by atoms with E-state index in [9.17, 15) is 20.1 Å². The van der Waals surface area contributed by atoms with Gasteiger partial charge in [0, 0.05) is 16.6 Å². The Morgan fingerprint density at radius 3 is 2.35 bits per heavy atom. The second-order valence-electron chi connectivity index (χ2n) is 5.48. The summed E-state index contributed by atoms with van der Waals surface area (Å²) in [7, 11) is 0. The van der Waals surface area contributed by atoms with Gasteiger partial charge in [-0.25, -0.2) is 0 Å². The standard InChI is InChI=1S/C18H13NO4/c20-13-8-4-7-11-14(13)17(22)12-9-19(10-5-2-1-3-6-10)18(23)15(12)16(11)21/h1-8,20-22H,9H2. The Hall–Kier alpha value is -3.21. The summed E-state index contributed by atoms with van der Waals surface area (Å²) in [6.45, 7) is 0.141. The highest BCUT2D eigenvalue weighted by molar-refractivity contribution is 6.17. The number of phenolic OH excluding ortho intramolecular Hbond substituents is 3. The Labute approximate surface area is 131 Å². The van der Waals surface area contributed by atoms with Crippen LogP contribution < -0.4 is 4.90 Å². The fourth-order valence-corrected chi connectivity index (χ4v) is 3.10. The van der Waals surface area contributed by atoms with Crippen LogP contribution >= 0.6 is 0 Å². The summed E-state index contributed by atoms with van der Waals surface area (Å²) in [5, 5.41) is 31.4. The molecule has 1 aliphatic rings. The van der Waals surface area contributed by atoms with Gasteiger partial charge in [0.2, 0.25) is 0 Å². The molecular weight excluding hydrogens is 294 g/mol. The van der Waals surface area contributed by atoms with Gasteiger partial charge in [-0.05, 0) is 18.2 Å². The number of carbonyl (C=O) groups is 1. The maximum Gasteiger partial charge on any atom is 0.262 e. The first-order valence-electron chi connectivity index (χ1n) is 7.15. The van der Waals surface area contributed by atoms with Crippen molar-refractivity contribution >= 4 is 22.4 Å². The summed E-state index contributed by atoms with van der Waals surface area (Å²) in [4.78, 5) is 14.2. The number of para-hydroxylation sites is 1. The third-order valence-electron chi connectivity index (χ3n) is 4.20. The topological polar surface area (TPSA) is 81.0 Å². The minimum Gasteiger partial charge on any atom is -0.507 e. The molecule has 4 rings (SSSR count). The predicted molar refractivity (Wildman–Crippen MR) is 85.9 cm³/mol. The van der Waals surface area contributed by atoms with E-state index >= 15 is 0 Å². The van der Waals surface area contributed by atoms with E-state index in [1.165, 1.54) is 11.0 Å². The molecule has 1 amide bonds. The third kappa shape index (κ3) is 1.76. The zero-order chi connectivity index (χ0) is 16.1. The summed E-state index contributed by atoms with van der Waals surface area (Å²) >= 11 is 0. The van der Waals surface area contributed by atoms with E-state index < -0.39 is 0 Å². The highest BCUT2D eigenvalue weighted by atomic mass is 16.3. The van der Waals surface area contributed by atoms with Crippen molar-refractivity contribution in [2.75, 3.05) is 4.90 Å². The van der Waals surface area contributed by atoms with Crippen LogP contribution in [0.5, 0.6) is 17.2 Å². The van der Waals surface area contributed by atoms with Crippen molar-refractivity contribution < 1.29 is 20.1 Å². The van der Waals surface area contributed by atoms with Crippen LogP contribution in [0.3, 0.4) is 0 Å². The molecule has 3 N–H and O–H groups in total. The molecule has 114 valence electrons. The molecule has 0 radical (unpaired) electrons. The summed E-state index contributed by atoms with van der Waals surface area (Å²) in [6.07, 6.45) is 0. The smallest absolute Gasteiger partial charge is 0.262 e. The minimum atomic E-state index is -0.371. The van der Waals surface area contributed by atoms with Crippen molar-refractivity contribution in [2.24, 2.45) is 0 Å². The molecule has 0 bridgehead atoms. The Bertz CT molecular complexity index is 950. The zero-order valence-corrected chi connectivity index (χ0v) is 12.0. The molecule has 1 heterocycles. The van der Waals surface area contributed by atoms with Crippen molar-refractivity contribution in [3.8, 4) is 17.2 Å². The lowest BCUT2D eigenvalue weighted by Crippen LogP contribution is -2.22. The Balaban J connectivity index is 1.98. The van der Waals surface area contributed by atoms with Gasteiger partial charge in [0.15, 0.2) is 0 Å². The van der Waals surface area contributed by atoms with Crippen molar-refractivity contribution in [1.29, 1.82) is 0 Å². The maximum atomic E-state index is 12.7. The molecule has 1 aliphatic heterocycles. The first-order valence-corrected chi connectivity index (χ1v) is 7.15. The van der Waals surface area contributed by atoms with Crippen molar-refractivity contribution in [2.45, 2.75) is 6.54 Å². The van der Waals surface area contributed by atoms with Gasteiger partial charge in [0.1, 0.15) is 17.2 Å². The average molecular weight is 307 g/mol. The molecular formula is C18H13NO4. The fourth-order valence-electron chi connectivity index (χ4n) is 3.10. The van der Waals surface area contributed by atoms with Crippen molar-refractivity contribution in [3.05, 3.63) is 59.7 Å². The van der Waals surface area contributed by atoms with Crippen LogP contribution in [-0.4, -0.2) is 21.2 Å². The normalized spacial score (nSPS) is 13.6. The summed E-state index contributed by atoms with van der Waals surface area (Å²) in [5.41, 5.74) is 1.09. The minimum absolute atomic E-state index is 0.0875. The SMILES string of the molecule is O=C1c2c(c(O)c3c(O)cccc3c2O)CN1c1ccccc1. The number of hydrogen-bond acceptors (Lipinski definition) is 4. The van der Waals surface area contributed by atoms with E-state index in [1.54, 1.807) is 24.3 Å². The maximum absolute atomic E-state index is 12.7. The van der Waals surface area contributed by atoms with E-state index in [1.807, 2.05) is 18.2 Å². The van der Waals surface area contributed by atoms with Crippen LogP contribution in [0.2, 0.25) is 0 Å². The third-order valence-corrected chi connectivity index (χ3v) is 4.20. The van der Waals surface area contributed by atoms with Crippen LogP contribution in [0, 0.1) is 0 Å². The molecule has 3 aromatic carbocycles. The number of amides is 1. The highest BCUT2D eigenvalue weighted by Crippen LogP contribution is 2.47. The van der Waals surface area contributed by atoms with E-state index in [4.69, 9.17) is 0 Å². The number of hydrogen-bond donors (Lipinski definition) is 3. The molecule has 0 fully saturated rings. The number of anilines is 1. The van der Waals surface area contributed by atoms with Gasteiger partial charge >= 0.3 is 0 Å². The lowest BCUT2D eigenvalue weighted by molar-refractivity contribution is 0.0994. The molecule has 0 aromatic heterocycles. The number of carbonyl (C=O) groups excluding carboxylic acids is 1. The largest absolute Gasteiger partial charge is 0.507 e. The lowest BCUT2D eigenvalue weighted by atomic mass is 9.99. The van der Waals surface area contributed by atoms with Gasteiger partial charge in [0.25, 0.3) is 5.91 Å². The molecule has 23 heavy (non-hydrogen) atoms. The van der Waals surface area contributed by atoms with Crippen LogP contribution in [0.15, 0.2) is 48.5 Å². The van der Waals surface area contributed by atoms with Gasteiger partial charge in [-0.1, -0.05) is 30.3 Å². The van der Waals surface area contributed by atoms with E-state index in [-0.39, 0.29) is 46.0 Å². The summed E-state index contributed by atoms with van der Waals surface area (Å²) in [5.74, 6) is -0.891. The quantitative estimate of drug-likeness (QED) is 0.603. The molecule has 0 saturated heterocycles. The molecule has 3 aromatic rings. The Morgan fingerprint density at radius 2 is 1.61 bits per heavy atom. The number of phenols is 3. The number of aromatic hydroxyl groups is 3. The van der Waals surface area contributed by atoms with E-state index in [0.29, 0.717) is 11.3 Å². The van der Waals surface area contributed by atoms with Crippen molar-refractivity contribution in [3.63, 3.8) is 0 Å². The van der Waals surface area contributed by atoms with Crippen molar-refractivity contribution in [1.82, 2.24) is 0 Å². The zero-order valence-electron chi connectivity index (χ0n) is 12.0. The second-order valence-corrected chi connectivity index (χ2v) is 5.48. The lowest BCUT2D eigenvalue weighted by Gasteiger charge is -2.15. The Kier molecular flexibility index (Phi) is 2.72. The fraction of sp³-hybridized carbons (Fsp3) is 0.0556. The predicted octanol–water partition coefficient (Wildman–Crippen LogP) is 3.12. The monoisotopic (exact) mass is 307 g/mol. The van der Waals surface area contributed by atoms with E-state index in [0.717, 1.165) is 0 Å². The first kappa shape index (κ1) is 13.5. The van der Waals surface area contributed by atoms with Gasteiger partial charge in [-0.3, -0.25) is 4.79 Å². The number of fused-ring (bicyclic) bond motifs is 2. The molecule has 0 atom stereocenters. The average Bonchev–Trinajstić information content (AvgIpc) is 2.91.